The first-order chi connectivity index (χ1) is 8.74. The van der Waals surface area contributed by atoms with Crippen LogP contribution in [0, 0.1) is 0 Å². The molecule has 2 N–H and O–H groups in total. The molecule has 0 aromatic heterocycles. The molecule has 0 bridgehead atoms. The lowest BCUT2D eigenvalue weighted by atomic mass is 9.87. The van der Waals surface area contributed by atoms with Crippen LogP contribution in [0.3, 0.4) is 0 Å². The summed E-state index contributed by atoms with van der Waals surface area (Å²) in [7, 11) is 0. The van der Waals surface area contributed by atoms with E-state index in [-0.39, 0.29) is 0 Å². The van der Waals surface area contributed by atoms with Crippen molar-refractivity contribution in [1.82, 2.24) is 0 Å². The first-order valence-corrected chi connectivity index (χ1v) is 7.51. The van der Waals surface area contributed by atoms with Gasteiger partial charge in [0.2, 0.25) is 0 Å². The molecular weight excluding hydrogens is 244 g/mol. The van der Waals surface area contributed by atoms with E-state index in [1.165, 1.54) is 0 Å². The highest BCUT2D eigenvalue weighted by atomic mass is 32.2. The summed E-state index contributed by atoms with van der Waals surface area (Å²) < 4.78 is 0. The zero-order valence-electron chi connectivity index (χ0n) is 10.3. The van der Waals surface area contributed by atoms with Crippen LogP contribution in [-0.2, 0) is 6.42 Å². The fourth-order valence-corrected chi connectivity index (χ4v) is 3.81. The van der Waals surface area contributed by atoms with Crippen LogP contribution in [0.1, 0.15) is 29.2 Å². The molecule has 0 amide bonds. The SMILES string of the molecule is CSC1CCCc2c1c(O)c1ccccc1c2O. The number of hydrogen-bond donors (Lipinski definition) is 2. The monoisotopic (exact) mass is 260 g/mol. The van der Waals surface area contributed by atoms with Crippen LogP contribution < -0.4 is 0 Å². The Kier molecular flexibility index (Phi) is 2.86. The average Bonchev–Trinajstić information content (AvgIpc) is 2.44. The molecule has 2 nitrogen and oxygen atoms in total. The topological polar surface area (TPSA) is 40.5 Å². The van der Waals surface area contributed by atoms with Gasteiger partial charge in [0.25, 0.3) is 0 Å². The van der Waals surface area contributed by atoms with E-state index in [2.05, 4.69) is 6.26 Å². The number of hydrogen-bond acceptors (Lipinski definition) is 3. The van der Waals surface area contributed by atoms with E-state index in [1.54, 1.807) is 11.8 Å². The van der Waals surface area contributed by atoms with Crippen molar-refractivity contribution >= 4 is 22.5 Å². The molecular formula is C15H16O2S. The number of phenols is 2. The molecule has 0 saturated heterocycles. The van der Waals surface area contributed by atoms with Crippen LogP contribution in [0.5, 0.6) is 11.5 Å². The Morgan fingerprint density at radius 3 is 2.44 bits per heavy atom. The lowest BCUT2D eigenvalue weighted by Crippen LogP contribution is -2.08. The molecule has 1 aliphatic rings. The zero-order valence-corrected chi connectivity index (χ0v) is 11.1. The van der Waals surface area contributed by atoms with Crippen molar-refractivity contribution in [1.29, 1.82) is 0 Å². The molecule has 1 atom stereocenters. The van der Waals surface area contributed by atoms with Crippen molar-refractivity contribution in [2.75, 3.05) is 6.26 Å². The molecule has 1 aliphatic carbocycles. The van der Waals surface area contributed by atoms with Crippen molar-refractivity contribution in [2.45, 2.75) is 24.5 Å². The minimum absolute atomic E-state index is 0.296. The first-order valence-electron chi connectivity index (χ1n) is 6.22. The summed E-state index contributed by atoms with van der Waals surface area (Å²) >= 11 is 1.75. The van der Waals surface area contributed by atoms with Crippen molar-refractivity contribution < 1.29 is 10.2 Å². The second-order valence-electron chi connectivity index (χ2n) is 4.75. The molecule has 0 heterocycles. The highest BCUT2D eigenvalue weighted by Gasteiger charge is 2.27. The maximum atomic E-state index is 10.5. The third kappa shape index (κ3) is 1.57. The second-order valence-corrected chi connectivity index (χ2v) is 5.79. The maximum absolute atomic E-state index is 10.5. The summed E-state index contributed by atoms with van der Waals surface area (Å²) in [6.07, 6.45) is 5.06. The Balaban J connectivity index is 2.39. The van der Waals surface area contributed by atoms with Gasteiger partial charge in [-0.1, -0.05) is 24.3 Å². The highest BCUT2D eigenvalue weighted by molar-refractivity contribution is 7.98. The summed E-state index contributed by atoms with van der Waals surface area (Å²) in [6.45, 7) is 0. The van der Waals surface area contributed by atoms with E-state index < -0.39 is 0 Å². The van der Waals surface area contributed by atoms with E-state index in [0.29, 0.717) is 16.7 Å². The van der Waals surface area contributed by atoms with E-state index in [4.69, 9.17) is 0 Å². The smallest absolute Gasteiger partial charge is 0.128 e. The molecule has 0 radical (unpaired) electrons. The Morgan fingerprint density at radius 2 is 1.78 bits per heavy atom. The predicted octanol–water partition coefficient (Wildman–Crippen LogP) is 3.99. The number of benzene rings is 2. The number of phenolic OH excluding ortho intramolecular Hbond substituents is 2. The standard InChI is InChI=1S/C15H16O2S/c1-18-12-8-4-7-11-13(12)15(17)10-6-3-2-5-9(10)14(11)16/h2-3,5-6,12,16-17H,4,7-8H2,1H3. The largest absolute Gasteiger partial charge is 0.507 e. The molecule has 2 aromatic carbocycles. The Bertz CT molecular complexity index is 607. The van der Waals surface area contributed by atoms with Gasteiger partial charge in [0.15, 0.2) is 0 Å². The van der Waals surface area contributed by atoms with Crippen molar-refractivity contribution in [3.63, 3.8) is 0 Å². The van der Waals surface area contributed by atoms with Gasteiger partial charge < -0.3 is 10.2 Å². The van der Waals surface area contributed by atoms with Crippen molar-refractivity contribution in [2.24, 2.45) is 0 Å². The van der Waals surface area contributed by atoms with Crippen LogP contribution in [0.4, 0.5) is 0 Å². The van der Waals surface area contributed by atoms with Gasteiger partial charge in [0.05, 0.1) is 0 Å². The van der Waals surface area contributed by atoms with Gasteiger partial charge in [-0.15, -0.1) is 0 Å². The highest BCUT2D eigenvalue weighted by Crippen LogP contribution is 2.49. The summed E-state index contributed by atoms with van der Waals surface area (Å²) in [4.78, 5) is 0. The molecule has 1 unspecified atom stereocenters. The molecule has 3 rings (SSSR count). The lowest BCUT2D eigenvalue weighted by Gasteiger charge is -2.27. The number of aromatic hydroxyl groups is 2. The molecule has 94 valence electrons. The van der Waals surface area contributed by atoms with Crippen LogP contribution >= 0.6 is 11.8 Å². The molecule has 2 aromatic rings. The van der Waals surface area contributed by atoms with Gasteiger partial charge in [-0.2, -0.15) is 11.8 Å². The third-order valence-corrected chi connectivity index (χ3v) is 4.84. The van der Waals surface area contributed by atoms with Gasteiger partial charge in [0, 0.05) is 27.1 Å². The van der Waals surface area contributed by atoms with Crippen molar-refractivity contribution in [3.8, 4) is 11.5 Å². The Labute approximate surface area is 111 Å². The second kappa shape index (κ2) is 4.39. The van der Waals surface area contributed by atoms with Crippen LogP contribution in [-0.4, -0.2) is 16.5 Å². The van der Waals surface area contributed by atoms with Crippen LogP contribution in [0.25, 0.3) is 10.8 Å². The van der Waals surface area contributed by atoms with E-state index >= 15 is 0 Å². The third-order valence-electron chi connectivity index (χ3n) is 3.80. The summed E-state index contributed by atoms with van der Waals surface area (Å²) in [5.41, 5.74) is 1.89. The van der Waals surface area contributed by atoms with Gasteiger partial charge in [-0.05, 0) is 25.5 Å². The molecule has 18 heavy (non-hydrogen) atoms. The quantitative estimate of drug-likeness (QED) is 0.762. The van der Waals surface area contributed by atoms with Gasteiger partial charge in [-0.25, -0.2) is 0 Å². The number of rotatable bonds is 1. The normalized spacial score (nSPS) is 18.8. The Hall–Kier alpha value is -1.35. The fraction of sp³-hybridized carbons (Fsp3) is 0.333. The minimum Gasteiger partial charge on any atom is -0.507 e. The number of fused-ring (bicyclic) bond motifs is 2. The summed E-state index contributed by atoms with van der Waals surface area (Å²) in [5.74, 6) is 0.717. The molecule has 0 aliphatic heterocycles. The maximum Gasteiger partial charge on any atom is 0.128 e. The van der Waals surface area contributed by atoms with Crippen molar-refractivity contribution in [3.05, 3.63) is 35.4 Å². The fourth-order valence-electron chi connectivity index (χ4n) is 2.92. The van der Waals surface area contributed by atoms with E-state index in [9.17, 15) is 10.2 Å². The lowest BCUT2D eigenvalue weighted by molar-refractivity contribution is 0.448. The zero-order chi connectivity index (χ0) is 12.7. The van der Waals surface area contributed by atoms with Gasteiger partial charge in [-0.3, -0.25) is 0 Å². The van der Waals surface area contributed by atoms with Crippen LogP contribution in [0.15, 0.2) is 24.3 Å². The Morgan fingerprint density at radius 1 is 1.11 bits per heavy atom. The molecule has 3 heteroatoms. The van der Waals surface area contributed by atoms with Gasteiger partial charge >= 0.3 is 0 Å². The average molecular weight is 260 g/mol. The molecule has 0 saturated carbocycles. The molecule has 0 spiro atoms. The van der Waals surface area contributed by atoms with Gasteiger partial charge in [0.1, 0.15) is 11.5 Å². The number of thioether (sulfide) groups is 1. The first kappa shape index (κ1) is 11.7. The predicted molar refractivity (Wildman–Crippen MR) is 76.5 cm³/mol. The van der Waals surface area contributed by atoms with E-state index in [1.807, 2.05) is 24.3 Å². The van der Waals surface area contributed by atoms with E-state index in [0.717, 1.165) is 41.2 Å². The summed E-state index contributed by atoms with van der Waals surface area (Å²) in [5, 5.41) is 22.7. The van der Waals surface area contributed by atoms with Crippen LogP contribution in [0.2, 0.25) is 0 Å². The molecule has 0 fully saturated rings. The minimum atomic E-state index is 0.296. The summed E-state index contributed by atoms with van der Waals surface area (Å²) in [6, 6.07) is 7.53.